The van der Waals surface area contributed by atoms with E-state index in [1.807, 2.05) is 24.3 Å². The summed E-state index contributed by atoms with van der Waals surface area (Å²) in [5, 5.41) is 0. The zero-order chi connectivity index (χ0) is 11.7. The Labute approximate surface area is 98.9 Å². The van der Waals surface area contributed by atoms with Gasteiger partial charge in [-0.3, -0.25) is 0 Å². The lowest BCUT2D eigenvalue weighted by atomic mass is 10.0. The van der Waals surface area contributed by atoms with Crippen molar-refractivity contribution in [1.29, 1.82) is 0 Å². The predicted molar refractivity (Wildman–Crippen MR) is 62.2 cm³/mol. The molecule has 3 rings (SSSR count). The number of fused-ring (bicyclic) bond motifs is 1. The van der Waals surface area contributed by atoms with Gasteiger partial charge in [-0.25, -0.2) is 0 Å². The number of hydrogen-bond donors (Lipinski definition) is 1. The molecule has 2 aromatic rings. The number of nitrogens with two attached hydrogens (primary N) is 1. The van der Waals surface area contributed by atoms with Crippen LogP contribution in [0.25, 0.3) is 0 Å². The molecular weight excluding hydrogens is 218 g/mol. The van der Waals surface area contributed by atoms with E-state index in [-0.39, 0.29) is 6.04 Å². The van der Waals surface area contributed by atoms with Crippen LogP contribution in [0.2, 0.25) is 0 Å². The van der Waals surface area contributed by atoms with Crippen molar-refractivity contribution in [2.24, 2.45) is 5.73 Å². The highest BCUT2D eigenvalue weighted by atomic mass is 16.6. The Hall–Kier alpha value is -1.94. The highest BCUT2D eigenvalue weighted by Gasteiger charge is 2.21. The number of furan rings is 1. The summed E-state index contributed by atoms with van der Waals surface area (Å²) in [6, 6.07) is 7.35. The minimum atomic E-state index is -0.259. The molecule has 0 saturated heterocycles. The van der Waals surface area contributed by atoms with Crippen LogP contribution in [-0.4, -0.2) is 13.2 Å². The summed E-state index contributed by atoms with van der Waals surface area (Å²) in [7, 11) is 0. The smallest absolute Gasteiger partial charge is 0.166 e. The summed E-state index contributed by atoms with van der Waals surface area (Å²) in [5.41, 5.74) is 8.03. The average Bonchev–Trinajstić information content (AvgIpc) is 2.91. The summed E-state index contributed by atoms with van der Waals surface area (Å²) in [6.45, 7) is 1.14. The second-order valence-corrected chi connectivity index (χ2v) is 3.91. The highest BCUT2D eigenvalue weighted by molar-refractivity contribution is 5.50. The molecule has 1 aliphatic heterocycles. The second-order valence-electron chi connectivity index (χ2n) is 3.91. The zero-order valence-electron chi connectivity index (χ0n) is 9.26. The summed E-state index contributed by atoms with van der Waals surface area (Å²) in [4.78, 5) is 0. The number of ether oxygens (including phenoxy) is 2. The Morgan fingerprint density at radius 3 is 2.82 bits per heavy atom. The van der Waals surface area contributed by atoms with E-state index in [1.165, 1.54) is 0 Å². The van der Waals surface area contributed by atoms with Crippen molar-refractivity contribution < 1.29 is 13.9 Å². The van der Waals surface area contributed by atoms with Crippen LogP contribution in [0.1, 0.15) is 17.2 Å². The van der Waals surface area contributed by atoms with Crippen molar-refractivity contribution in [3.63, 3.8) is 0 Å². The molecule has 1 aromatic heterocycles. The van der Waals surface area contributed by atoms with Gasteiger partial charge in [-0.15, -0.1) is 0 Å². The molecule has 0 amide bonds. The van der Waals surface area contributed by atoms with Gasteiger partial charge in [0.1, 0.15) is 13.2 Å². The lowest BCUT2D eigenvalue weighted by Crippen LogP contribution is -2.19. The lowest BCUT2D eigenvalue weighted by Gasteiger charge is -2.23. The van der Waals surface area contributed by atoms with E-state index >= 15 is 0 Å². The standard InChI is InChI=1S/C13H13NO3/c14-12(9-4-5-15-8-9)10-2-1-3-11-13(10)17-7-6-16-11/h1-5,8,12H,6-7,14H2. The Balaban J connectivity index is 2.03. The molecular formula is C13H13NO3. The molecule has 1 unspecified atom stereocenters. The summed E-state index contributed by atoms with van der Waals surface area (Å²) in [6.07, 6.45) is 3.26. The highest BCUT2D eigenvalue weighted by Crippen LogP contribution is 2.38. The van der Waals surface area contributed by atoms with Gasteiger partial charge in [0, 0.05) is 11.1 Å². The number of benzene rings is 1. The monoisotopic (exact) mass is 231 g/mol. The molecule has 0 spiro atoms. The van der Waals surface area contributed by atoms with Crippen molar-refractivity contribution in [3.05, 3.63) is 47.9 Å². The molecule has 88 valence electrons. The van der Waals surface area contributed by atoms with Gasteiger partial charge in [-0.1, -0.05) is 12.1 Å². The van der Waals surface area contributed by atoms with Gasteiger partial charge in [-0.2, -0.15) is 0 Å². The predicted octanol–water partition coefficient (Wildman–Crippen LogP) is 2.10. The van der Waals surface area contributed by atoms with Gasteiger partial charge in [-0.05, 0) is 12.1 Å². The van der Waals surface area contributed by atoms with Crippen LogP contribution in [0.5, 0.6) is 11.5 Å². The Kier molecular flexibility index (Phi) is 2.49. The fourth-order valence-electron chi connectivity index (χ4n) is 1.97. The molecule has 1 aromatic carbocycles. The SMILES string of the molecule is NC(c1ccoc1)c1cccc2c1OCCO2. The Morgan fingerprint density at radius 2 is 2.00 bits per heavy atom. The van der Waals surface area contributed by atoms with Crippen LogP contribution in [-0.2, 0) is 0 Å². The minimum absolute atomic E-state index is 0.259. The topological polar surface area (TPSA) is 57.6 Å². The molecule has 2 heterocycles. The largest absolute Gasteiger partial charge is 0.486 e. The van der Waals surface area contributed by atoms with Crippen molar-refractivity contribution in [2.45, 2.75) is 6.04 Å². The molecule has 1 aliphatic rings. The number of hydrogen-bond acceptors (Lipinski definition) is 4. The van der Waals surface area contributed by atoms with Crippen LogP contribution in [0.3, 0.4) is 0 Å². The van der Waals surface area contributed by atoms with Crippen molar-refractivity contribution in [2.75, 3.05) is 13.2 Å². The average molecular weight is 231 g/mol. The van der Waals surface area contributed by atoms with Gasteiger partial charge < -0.3 is 19.6 Å². The van der Waals surface area contributed by atoms with Crippen LogP contribution < -0.4 is 15.2 Å². The van der Waals surface area contributed by atoms with E-state index in [0.29, 0.717) is 13.2 Å². The maximum atomic E-state index is 6.19. The quantitative estimate of drug-likeness (QED) is 0.859. The van der Waals surface area contributed by atoms with Crippen LogP contribution in [0, 0.1) is 0 Å². The molecule has 17 heavy (non-hydrogen) atoms. The van der Waals surface area contributed by atoms with Gasteiger partial charge in [0.2, 0.25) is 0 Å². The van der Waals surface area contributed by atoms with E-state index in [0.717, 1.165) is 22.6 Å². The van der Waals surface area contributed by atoms with E-state index in [4.69, 9.17) is 19.6 Å². The zero-order valence-corrected chi connectivity index (χ0v) is 9.26. The van der Waals surface area contributed by atoms with Gasteiger partial charge >= 0.3 is 0 Å². The maximum absolute atomic E-state index is 6.19. The fraction of sp³-hybridized carbons (Fsp3) is 0.231. The third kappa shape index (κ3) is 1.76. The maximum Gasteiger partial charge on any atom is 0.166 e. The van der Waals surface area contributed by atoms with E-state index in [1.54, 1.807) is 12.5 Å². The first-order chi connectivity index (χ1) is 8.36. The Bertz CT molecular complexity index is 507. The van der Waals surface area contributed by atoms with Gasteiger partial charge in [0.05, 0.1) is 18.6 Å². The molecule has 0 saturated carbocycles. The second kappa shape index (κ2) is 4.14. The molecule has 1 atom stereocenters. The molecule has 4 nitrogen and oxygen atoms in total. The van der Waals surface area contributed by atoms with Gasteiger partial charge in [0.15, 0.2) is 11.5 Å². The lowest BCUT2D eigenvalue weighted by molar-refractivity contribution is 0.169. The van der Waals surface area contributed by atoms with Gasteiger partial charge in [0.25, 0.3) is 0 Å². The third-order valence-corrected chi connectivity index (χ3v) is 2.83. The van der Waals surface area contributed by atoms with Crippen molar-refractivity contribution in [3.8, 4) is 11.5 Å². The summed E-state index contributed by atoms with van der Waals surface area (Å²) >= 11 is 0. The molecule has 0 bridgehead atoms. The van der Waals surface area contributed by atoms with Crippen molar-refractivity contribution in [1.82, 2.24) is 0 Å². The summed E-state index contributed by atoms with van der Waals surface area (Å²) < 4.78 is 16.2. The molecule has 0 fully saturated rings. The van der Waals surface area contributed by atoms with Crippen LogP contribution >= 0.6 is 0 Å². The fourth-order valence-corrected chi connectivity index (χ4v) is 1.97. The molecule has 2 N–H and O–H groups in total. The minimum Gasteiger partial charge on any atom is -0.486 e. The number of rotatable bonds is 2. The van der Waals surface area contributed by atoms with Crippen LogP contribution in [0.15, 0.2) is 41.2 Å². The van der Waals surface area contributed by atoms with E-state index in [2.05, 4.69) is 0 Å². The Morgan fingerprint density at radius 1 is 1.12 bits per heavy atom. The normalized spacial score (nSPS) is 15.6. The first-order valence-electron chi connectivity index (χ1n) is 5.52. The number of para-hydroxylation sites is 1. The summed E-state index contributed by atoms with van der Waals surface area (Å²) in [5.74, 6) is 1.50. The molecule has 0 radical (unpaired) electrons. The van der Waals surface area contributed by atoms with Crippen molar-refractivity contribution >= 4 is 0 Å². The first kappa shape index (κ1) is 10.2. The van der Waals surface area contributed by atoms with Crippen LogP contribution in [0.4, 0.5) is 0 Å². The molecule has 4 heteroatoms. The van der Waals surface area contributed by atoms with E-state index in [9.17, 15) is 0 Å². The van der Waals surface area contributed by atoms with E-state index < -0.39 is 0 Å². The first-order valence-corrected chi connectivity index (χ1v) is 5.52. The third-order valence-electron chi connectivity index (χ3n) is 2.83. The molecule has 0 aliphatic carbocycles.